The topological polar surface area (TPSA) is 75.6 Å². The number of hydrogen-bond acceptors (Lipinski definition) is 4. The van der Waals surface area contributed by atoms with Crippen LogP contribution in [0.15, 0.2) is 36.4 Å². The lowest BCUT2D eigenvalue weighted by Crippen LogP contribution is -2.34. The maximum atomic E-state index is 13.6. The van der Waals surface area contributed by atoms with E-state index in [0.717, 1.165) is 25.7 Å². The summed E-state index contributed by atoms with van der Waals surface area (Å²) in [7, 11) is 0. The van der Waals surface area contributed by atoms with Crippen molar-refractivity contribution in [1.29, 1.82) is 0 Å². The minimum atomic E-state index is -0.608. The number of unbranched alkanes of at least 4 members (excludes halogenated alkanes) is 4. The maximum Gasteiger partial charge on any atom is 0.274 e. The fourth-order valence-electron chi connectivity index (χ4n) is 4.77. The summed E-state index contributed by atoms with van der Waals surface area (Å²) in [5.41, 5.74) is 5.42. The molecule has 184 valence electrons. The first-order valence-corrected chi connectivity index (χ1v) is 12.5. The van der Waals surface area contributed by atoms with Crippen molar-refractivity contribution in [3.8, 4) is 5.75 Å². The number of amides is 1. The summed E-state index contributed by atoms with van der Waals surface area (Å²) in [6.07, 6.45) is 7.86. The van der Waals surface area contributed by atoms with E-state index in [1.807, 2.05) is 6.07 Å². The second-order valence-electron chi connectivity index (χ2n) is 10.8. The van der Waals surface area contributed by atoms with Crippen molar-refractivity contribution in [3.05, 3.63) is 64.2 Å². The molecular weight excluding hydrogens is 426 g/mol. The zero-order valence-electron chi connectivity index (χ0n) is 21.3. The van der Waals surface area contributed by atoms with E-state index < -0.39 is 5.91 Å². The summed E-state index contributed by atoms with van der Waals surface area (Å²) in [5.74, 6) is -0.0926. The van der Waals surface area contributed by atoms with Crippen LogP contribution in [0, 0.1) is 0 Å². The summed E-state index contributed by atoms with van der Waals surface area (Å²) in [5, 5.41) is 8.85. The number of carbonyl (C=O) groups excluding carboxylic acids is 2. The Labute approximate surface area is 203 Å². The smallest absolute Gasteiger partial charge is 0.274 e. The third-order valence-corrected chi connectivity index (χ3v) is 7.21. The van der Waals surface area contributed by atoms with Crippen molar-refractivity contribution in [2.24, 2.45) is 0 Å². The van der Waals surface area contributed by atoms with Gasteiger partial charge in [-0.25, -0.2) is 5.48 Å². The standard InChI is InChI=1S/C29H39NO4/c1-6-7-8-9-10-17-34-25-19-24-23(28(2,3)15-16-29(24,4)5)18-22(25)26(31)20-11-13-21(14-12-20)27(32)30-33/h11-14,18-19,33H,6-10,15-17H2,1-5H3,(H,30,32). The van der Waals surface area contributed by atoms with E-state index in [0.29, 0.717) is 23.5 Å². The van der Waals surface area contributed by atoms with Crippen LogP contribution in [0.5, 0.6) is 5.75 Å². The first-order valence-electron chi connectivity index (χ1n) is 12.5. The van der Waals surface area contributed by atoms with Crippen LogP contribution in [0.3, 0.4) is 0 Å². The van der Waals surface area contributed by atoms with E-state index in [1.165, 1.54) is 30.4 Å². The molecule has 34 heavy (non-hydrogen) atoms. The molecule has 1 amide bonds. The van der Waals surface area contributed by atoms with Crippen molar-refractivity contribution >= 4 is 11.7 Å². The molecule has 5 nitrogen and oxygen atoms in total. The normalized spacial score (nSPS) is 15.9. The Balaban J connectivity index is 1.97. The Morgan fingerprint density at radius 1 is 0.882 bits per heavy atom. The van der Waals surface area contributed by atoms with Crippen molar-refractivity contribution in [2.45, 2.75) is 90.4 Å². The zero-order chi connectivity index (χ0) is 24.9. The van der Waals surface area contributed by atoms with Gasteiger partial charge in [0.15, 0.2) is 5.78 Å². The van der Waals surface area contributed by atoms with Gasteiger partial charge in [0.25, 0.3) is 5.91 Å². The molecule has 0 saturated carbocycles. The van der Waals surface area contributed by atoms with Gasteiger partial charge in [-0.15, -0.1) is 0 Å². The second kappa shape index (κ2) is 10.7. The molecule has 0 fully saturated rings. The van der Waals surface area contributed by atoms with Gasteiger partial charge in [-0.05, 0) is 65.5 Å². The fourth-order valence-corrected chi connectivity index (χ4v) is 4.77. The van der Waals surface area contributed by atoms with Gasteiger partial charge in [0.1, 0.15) is 5.75 Å². The van der Waals surface area contributed by atoms with Crippen LogP contribution in [-0.2, 0) is 10.8 Å². The van der Waals surface area contributed by atoms with Gasteiger partial charge in [0, 0.05) is 11.1 Å². The van der Waals surface area contributed by atoms with Gasteiger partial charge in [-0.3, -0.25) is 14.8 Å². The van der Waals surface area contributed by atoms with Crippen molar-refractivity contribution in [2.75, 3.05) is 6.61 Å². The van der Waals surface area contributed by atoms with Crippen molar-refractivity contribution < 1.29 is 19.5 Å². The van der Waals surface area contributed by atoms with E-state index in [4.69, 9.17) is 9.94 Å². The van der Waals surface area contributed by atoms with Crippen LogP contribution < -0.4 is 10.2 Å². The lowest BCUT2D eigenvalue weighted by molar-refractivity contribution is 0.0706. The number of ketones is 1. The number of hydroxylamine groups is 1. The molecule has 0 aromatic heterocycles. The molecule has 0 radical (unpaired) electrons. The number of fused-ring (bicyclic) bond motifs is 1. The molecule has 0 saturated heterocycles. The molecule has 2 N–H and O–H groups in total. The van der Waals surface area contributed by atoms with Crippen LogP contribution >= 0.6 is 0 Å². The average molecular weight is 466 g/mol. The van der Waals surface area contributed by atoms with E-state index in [9.17, 15) is 9.59 Å². The first-order chi connectivity index (χ1) is 16.1. The number of ether oxygens (including phenoxy) is 1. The first kappa shape index (κ1) is 26.0. The molecule has 0 aliphatic heterocycles. The van der Waals surface area contributed by atoms with Crippen LogP contribution in [-0.4, -0.2) is 23.5 Å². The van der Waals surface area contributed by atoms with Crippen LogP contribution in [0.4, 0.5) is 0 Å². The minimum Gasteiger partial charge on any atom is -0.493 e. The molecule has 5 heteroatoms. The van der Waals surface area contributed by atoms with Crippen LogP contribution in [0.2, 0.25) is 0 Å². The third-order valence-electron chi connectivity index (χ3n) is 7.21. The number of nitrogens with one attached hydrogen (secondary N) is 1. The Morgan fingerprint density at radius 2 is 1.44 bits per heavy atom. The van der Waals surface area contributed by atoms with Crippen molar-refractivity contribution in [1.82, 2.24) is 5.48 Å². The SMILES string of the molecule is CCCCCCCOc1cc2c(cc1C(=O)c1ccc(C(=O)NO)cc1)C(C)(C)CCC2(C)C. The number of benzene rings is 2. The van der Waals surface area contributed by atoms with Crippen LogP contribution in [0.25, 0.3) is 0 Å². The van der Waals surface area contributed by atoms with Gasteiger partial charge < -0.3 is 4.74 Å². The third kappa shape index (κ3) is 5.69. The fraction of sp³-hybridized carbons (Fsp3) is 0.517. The van der Waals surface area contributed by atoms with Gasteiger partial charge in [0.2, 0.25) is 0 Å². The molecule has 0 spiro atoms. The van der Waals surface area contributed by atoms with Gasteiger partial charge in [-0.1, -0.05) is 72.4 Å². The van der Waals surface area contributed by atoms with E-state index in [-0.39, 0.29) is 22.2 Å². The van der Waals surface area contributed by atoms with Gasteiger partial charge in [0.05, 0.1) is 12.2 Å². The summed E-state index contributed by atoms with van der Waals surface area (Å²) >= 11 is 0. The zero-order valence-corrected chi connectivity index (χ0v) is 21.3. The molecule has 0 bridgehead atoms. The summed E-state index contributed by atoms with van der Waals surface area (Å²) in [6, 6.07) is 10.5. The van der Waals surface area contributed by atoms with Crippen molar-refractivity contribution in [3.63, 3.8) is 0 Å². The number of carbonyl (C=O) groups is 2. The molecule has 2 aromatic carbocycles. The highest BCUT2D eigenvalue weighted by atomic mass is 16.5. The van der Waals surface area contributed by atoms with E-state index in [2.05, 4.69) is 40.7 Å². The van der Waals surface area contributed by atoms with E-state index in [1.54, 1.807) is 29.7 Å². The predicted octanol–water partition coefficient (Wildman–Crippen LogP) is 6.73. The highest BCUT2D eigenvalue weighted by molar-refractivity contribution is 6.11. The van der Waals surface area contributed by atoms with Gasteiger partial charge in [-0.2, -0.15) is 0 Å². The average Bonchev–Trinajstić information content (AvgIpc) is 2.83. The largest absolute Gasteiger partial charge is 0.493 e. The van der Waals surface area contributed by atoms with E-state index >= 15 is 0 Å². The second-order valence-corrected chi connectivity index (χ2v) is 10.8. The Kier molecular flexibility index (Phi) is 8.19. The van der Waals surface area contributed by atoms with Gasteiger partial charge >= 0.3 is 0 Å². The lowest BCUT2D eigenvalue weighted by Gasteiger charge is -2.42. The maximum absolute atomic E-state index is 13.6. The predicted molar refractivity (Wildman–Crippen MR) is 135 cm³/mol. The summed E-state index contributed by atoms with van der Waals surface area (Å²) in [4.78, 5) is 25.3. The molecule has 0 heterocycles. The molecule has 2 aromatic rings. The summed E-state index contributed by atoms with van der Waals surface area (Å²) < 4.78 is 6.25. The highest BCUT2D eigenvalue weighted by Crippen LogP contribution is 2.48. The Bertz CT molecular complexity index is 1020. The molecule has 3 rings (SSSR count). The molecule has 0 unspecified atom stereocenters. The minimum absolute atomic E-state index is 0.0188. The quantitative estimate of drug-likeness (QED) is 0.176. The number of hydrogen-bond donors (Lipinski definition) is 2. The Morgan fingerprint density at radius 3 is 2.03 bits per heavy atom. The molecule has 1 aliphatic carbocycles. The lowest BCUT2D eigenvalue weighted by atomic mass is 9.62. The number of rotatable bonds is 10. The Hall–Kier alpha value is -2.66. The summed E-state index contributed by atoms with van der Waals surface area (Å²) in [6.45, 7) is 11.8. The molecular formula is C29H39NO4. The monoisotopic (exact) mass is 465 g/mol. The molecule has 1 aliphatic rings. The molecule has 0 atom stereocenters. The highest BCUT2D eigenvalue weighted by Gasteiger charge is 2.38. The van der Waals surface area contributed by atoms with Crippen LogP contribution in [0.1, 0.15) is 117 Å².